The van der Waals surface area contributed by atoms with Gasteiger partial charge in [-0.15, -0.1) is 0 Å². The average molecular weight is 456 g/mol. The second-order valence-corrected chi connectivity index (χ2v) is 8.84. The molecule has 33 heavy (non-hydrogen) atoms. The predicted molar refractivity (Wildman–Crippen MR) is 125 cm³/mol. The van der Waals surface area contributed by atoms with Crippen molar-refractivity contribution in [1.82, 2.24) is 20.1 Å². The summed E-state index contributed by atoms with van der Waals surface area (Å²) in [4.78, 5) is 6.92. The van der Waals surface area contributed by atoms with E-state index in [1.54, 1.807) is 29.1 Å². The lowest BCUT2D eigenvalue weighted by atomic mass is 9.88. The van der Waals surface area contributed by atoms with Gasteiger partial charge in [0.05, 0.1) is 35.4 Å². The van der Waals surface area contributed by atoms with Crippen LogP contribution >= 0.6 is 0 Å². The van der Waals surface area contributed by atoms with Gasteiger partial charge in [-0.05, 0) is 41.7 Å². The molecule has 0 saturated carbocycles. The van der Waals surface area contributed by atoms with Crippen LogP contribution in [0.5, 0.6) is 0 Å². The van der Waals surface area contributed by atoms with Crippen molar-refractivity contribution in [3.63, 3.8) is 0 Å². The Morgan fingerprint density at radius 3 is 2.52 bits per heavy atom. The third kappa shape index (κ3) is 4.89. The van der Waals surface area contributed by atoms with Gasteiger partial charge in [-0.3, -0.25) is 0 Å². The van der Waals surface area contributed by atoms with Gasteiger partial charge < -0.3 is 10.2 Å². The van der Waals surface area contributed by atoms with E-state index in [0.717, 1.165) is 29.9 Å². The van der Waals surface area contributed by atoms with Gasteiger partial charge in [0.25, 0.3) is 0 Å². The van der Waals surface area contributed by atoms with Crippen molar-refractivity contribution in [3.05, 3.63) is 72.7 Å². The lowest BCUT2D eigenvalue weighted by Gasteiger charge is -2.43. The fourth-order valence-corrected chi connectivity index (χ4v) is 4.05. The molecule has 0 atom stereocenters. The molecule has 8 heteroatoms. The second-order valence-electron chi connectivity index (χ2n) is 8.84. The number of nitrogens with zero attached hydrogens (tertiary/aromatic N) is 4. The van der Waals surface area contributed by atoms with Gasteiger partial charge >= 0.3 is 6.18 Å². The summed E-state index contributed by atoms with van der Waals surface area (Å²) in [6, 6.07) is 8.28. The van der Waals surface area contributed by atoms with Gasteiger partial charge in [0.2, 0.25) is 0 Å². The van der Waals surface area contributed by atoms with Crippen molar-refractivity contribution in [2.45, 2.75) is 33.0 Å². The minimum Gasteiger partial charge on any atom is -0.380 e. The molecule has 0 amide bonds. The lowest BCUT2D eigenvalue weighted by molar-refractivity contribution is -0.127. The van der Waals surface area contributed by atoms with Gasteiger partial charge in [0, 0.05) is 25.0 Å². The molecule has 1 aromatic carbocycles. The maximum Gasteiger partial charge on any atom is 0.393 e. The molecule has 4 rings (SSSR count). The zero-order chi connectivity index (χ0) is 23.8. The first-order valence-corrected chi connectivity index (χ1v) is 11.0. The van der Waals surface area contributed by atoms with Crippen LogP contribution in [-0.4, -0.2) is 34.0 Å². The molecule has 1 aliphatic rings. The number of hydrogen-bond acceptors (Lipinski definition) is 4. The minimum absolute atomic E-state index is 0.209. The van der Waals surface area contributed by atoms with E-state index < -0.39 is 12.6 Å². The van der Waals surface area contributed by atoms with Crippen LogP contribution in [0.25, 0.3) is 16.7 Å². The molecule has 0 aliphatic carbocycles. The van der Waals surface area contributed by atoms with Crippen molar-refractivity contribution in [2.75, 3.05) is 18.0 Å². The summed E-state index contributed by atoms with van der Waals surface area (Å²) in [5.41, 5.74) is 4.09. The maximum atomic E-state index is 12.7. The molecular weight excluding hydrogens is 427 g/mol. The van der Waals surface area contributed by atoms with Crippen LogP contribution in [-0.2, 0) is 13.0 Å². The standard InChI is InChI=1S/C25H28F3N5/c1-5-17(4)30-13-21-23-22(32-14-19(15-32)16(2)3)10-11-29-24(23)33(31-21)20-8-6-18(7-9-20)12-25(26,27)28/h5-11,16,19,30H,1,4,12-15H2,2-3H3. The average Bonchev–Trinajstić information content (AvgIpc) is 3.09. The number of halogens is 3. The second kappa shape index (κ2) is 8.92. The topological polar surface area (TPSA) is 46.0 Å². The number of alkyl halides is 3. The zero-order valence-electron chi connectivity index (χ0n) is 18.9. The Kier molecular flexibility index (Phi) is 6.19. The summed E-state index contributed by atoms with van der Waals surface area (Å²) in [7, 11) is 0. The molecule has 0 bridgehead atoms. The van der Waals surface area contributed by atoms with Crippen molar-refractivity contribution >= 4 is 16.7 Å². The number of aromatic nitrogens is 3. The van der Waals surface area contributed by atoms with Crippen LogP contribution in [0.4, 0.5) is 18.9 Å². The molecule has 0 radical (unpaired) electrons. The number of pyridine rings is 1. The van der Waals surface area contributed by atoms with E-state index in [1.165, 1.54) is 12.1 Å². The highest BCUT2D eigenvalue weighted by atomic mass is 19.4. The fourth-order valence-electron chi connectivity index (χ4n) is 4.05. The molecule has 3 aromatic rings. The summed E-state index contributed by atoms with van der Waals surface area (Å²) in [6.45, 7) is 14.5. The van der Waals surface area contributed by atoms with E-state index >= 15 is 0 Å². The number of rotatable bonds is 8. The molecule has 2 aromatic heterocycles. The van der Waals surface area contributed by atoms with E-state index in [9.17, 15) is 13.2 Å². The molecule has 0 unspecified atom stereocenters. The molecule has 1 saturated heterocycles. The first-order valence-electron chi connectivity index (χ1n) is 11.0. The summed E-state index contributed by atoms with van der Waals surface area (Å²) >= 11 is 0. The maximum absolute atomic E-state index is 12.7. The third-order valence-electron chi connectivity index (χ3n) is 6.13. The number of hydrogen-bond donors (Lipinski definition) is 1. The Morgan fingerprint density at radius 2 is 1.91 bits per heavy atom. The zero-order valence-corrected chi connectivity index (χ0v) is 18.9. The summed E-state index contributed by atoms with van der Waals surface area (Å²) in [5, 5.41) is 8.94. The van der Waals surface area contributed by atoms with Crippen LogP contribution in [0, 0.1) is 11.8 Å². The Labute approximate surface area is 191 Å². The van der Waals surface area contributed by atoms with Crippen molar-refractivity contribution in [3.8, 4) is 5.69 Å². The molecular formula is C25H28F3N5. The molecule has 1 aliphatic heterocycles. The number of nitrogens with one attached hydrogen (secondary N) is 1. The van der Waals surface area contributed by atoms with Gasteiger partial charge in [-0.2, -0.15) is 18.3 Å². The highest BCUT2D eigenvalue weighted by molar-refractivity contribution is 5.93. The number of benzene rings is 1. The van der Waals surface area contributed by atoms with Gasteiger partial charge in [-0.25, -0.2) is 9.67 Å². The Balaban J connectivity index is 1.73. The first kappa shape index (κ1) is 22.9. The number of allylic oxidation sites excluding steroid dienone is 1. The van der Waals surface area contributed by atoms with E-state index in [-0.39, 0.29) is 5.56 Å². The van der Waals surface area contributed by atoms with Crippen molar-refractivity contribution in [1.29, 1.82) is 0 Å². The van der Waals surface area contributed by atoms with Crippen LogP contribution in [0.3, 0.4) is 0 Å². The highest BCUT2D eigenvalue weighted by Gasteiger charge is 2.32. The minimum atomic E-state index is -4.24. The Bertz CT molecular complexity index is 1160. The summed E-state index contributed by atoms with van der Waals surface area (Å²) in [5.74, 6) is 1.26. The highest BCUT2D eigenvalue weighted by Crippen LogP contribution is 2.36. The Morgan fingerprint density at radius 1 is 1.21 bits per heavy atom. The number of anilines is 1. The van der Waals surface area contributed by atoms with E-state index in [0.29, 0.717) is 35.4 Å². The smallest absolute Gasteiger partial charge is 0.380 e. The monoisotopic (exact) mass is 455 g/mol. The summed E-state index contributed by atoms with van der Waals surface area (Å²) < 4.78 is 39.9. The lowest BCUT2D eigenvalue weighted by Crippen LogP contribution is -2.49. The van der Waals surface area contributed by atoms with Crippen LogP contribution < -0.4 is 10.2 Å². The molecule has 1 fully saturated rings. The number of fused-ring (bicyclic) bond motifs is 1. The molecule has 1 N–H and O–H groups in total. The summed E-state index contributed by atoms with van der Waals surface area (Å²) in [6.07, 6.45) is -1.80. The fraction of sp³-hybridized carbons (Fsp3) is 0.360. The van der Waals surface area contributed by atoms with Crippen molar-refractivity contribution in [2.24, 2.45) is 11.8 Å². The Hall–Kier alpha value is -3.29. The van der Waals surface area contributed by atoms with Gasteiger partial charge in [-0.1, -0.05) is 39.1 Å². The van der Waals surface area contributed by atoms with Crippen LogP contribution in [0.1, 0.15) is 25.1 Å². The molecule has 3 heterocycles. The SMILES string of the molecule is C=CC(=C)NCc1nn(-c2ccc(CC(F)(F)F)cc2)c2nccc(N3CC(C(C)C)C3)c12. The largest absolute Gasteiger partial charge is 0.393 e. The normalized spacial score (nSPS) is 14.5. The third-order valence-corrected chi connectivity index (χ3v) is 6.13. The van der Waals surface area contributed by atoms with Gasteiger partial charge in [0.1, 0.15) is 0 Å². The van der Waals surface area contributed by atoms with Crippen molar-refractivity contribution < 1.29 is 13.2 Å². The quantitative estimate of drug-likeness (QED) is 0.462. The van der Waals surface area contributed by atoms with Gasteiger partial charge in [0.15, 0.2) is 5.65 Å². The first-order chi connectivity index (χ1) is 15.7. The molecule has 0 spiro atoms. The predicted octanol–water partition coefficient (Wildman–Crippen LogP) is 5.41. The molecule has 174 valence electrons. The van der Waals surface area contributed by atoms with Crippen LogP contribution in [0.2, 0.25) is 0 Å². The van der Waals surface area contributed by atoms with E-state index in [1.807, 2.05) is 6.07 Å². The molecule has 5 nitrogen and oxygen atoms in total. The van der Waals surface area contributed by atoms with Crippen LogP contribution in [0.15, 0.2) is 61.5 Å². The van der Waals surface area contributed by atoms with E-state index in [2.05, 4.69) is 42.2 Å². The van der Waals surface area contributed by atoms with E-state index in [4.69, 9.17) is 5.10 Å².